The molecule has 0 radical (unpaired) electrons. The molecule has 3 rings (SSSR count). The number of ether oxygens (including phenoxy) is 1. The van der Waals surface area contributed by atoms with Gasteiger partial charge in [0.05, 0.1) is 6.61 Å². The third-order valence-electron chi connectivity index (χ3n) is 4.36. The SMILES string of the molecule is CCOC(=O)C1(C)NC(C)=CC1/C=C1/C(=O)Nc2ccc(Br)cc21. The number of fused-ring (bicyclic) bond motifs is 1. The fraction of sp³-hybridized carbons (Fsp3) is 0.333. The molecule has 0 saturated carbocycles. The van der Waals surface area contributed by atoms with Gasteiger partial charge in [-0.25, -0.2) is 4.79 Å². The van der Waals surface area contributed by atoms with Gasteiger partial charge < -0.3 is 15.4 Å². The number of benzene rings is 1. The van der Waals surface area contributed by atoms with Crippen LogP contribution in [0.25, 0.3) is 5.57 Å². The first-order valence-electron chi connectivity index (χ1n) is 7.82. The van der Waals surface area contributed by atoms with Crippen LogP contribution >= 0.6 is 15.9 Å². The molecule has 0 bridgehead atoms. The minimum absolute atomic E-state index is 0.160. The molecule has 6 heteroatoms. The number of carbonyl (C=O) groups excluding carboxylic acids is 2. The molecular formula is C18H19BrN2O3. The minimum Gasteiger partial charge on any atom is -0.464 e. The predicted molar refractivity (Wildman–Crippen MR) is 96.2 cm³/mol. The van der Waals surface area contributed by atoms with Crippen LogP contribution in [0, 0.1) is 5.92 Å². The molecule has 2 aliphatic heterocycles. The van der Waals surface area contributed by atoms with Crippen LogP contribution in [0.3, 0.4) is 0 Å². The van der Waals surface area contributed by atoms with Gasteiger partial charge in [-0.05, 0) is 39.0 Å². The van der Waals surface area contributed by atoms with Crippen LogP contribution < -0.4 is 10.6 Å². The molecule has 24 heavy (non-hydrogen) atoms. The zero-order valence-electron chi connectivity index (χ0n) is 13.8. The van der Waals surface area contributed by atoms with E-state index in [1.54, 1.807) is 13.8 Å². The molecule has 1 aromatic carbocycles. The van der Waals surface area contributed by atoms with Gasteiger partial charge in [0.1, 0.15) is 5.54 Å². The summed E-state index contributed by atoms with van der Waals surface area (Å²) in [5.74, 6) is -0.762. The molecule has 1 aromatic rings. The fourth-order valence-corrected chi connectivity index (χ4v) is 3.52. The maximum atomic E-state index is 12.4. The van der Waals surface area contributed by atoms with Crippen LogP contribution in [0.5, 0.6) is 0 Å². The Morgan fingerprint density at radius 1 is 1.46 bits per heavy atom. The van der Waals surface area contributed by atoms with Crippen molar-refractivity contribution in [1.82, 2.24) is 5.32 Å². The van der Waals surface area contributed by atoms with Crippen LogP contribution in [-0.4, -0.2) is 24.0 Å². The number of hydrogen-bond donors (Lipinski definition) is 2. The maximum Gasteiger partial charge on any atom is 0.332 e. The summed E-state index contributed by atoms with van der Waals surface area (Å²) in [4.78, 5) is 24.8. The molecule has 0 spiro atoms. The molecule has 0 saturated heterocycles. The standard InChI is InChI=1S/C18H19BrN2O3/c1-4-24-17(23)18(3)11(7-10(2)21-18)8-14-13-9-12(19)5-6-15(13)20-16(14)22/h5-9,11,21H,4H2,1-3H3,(H,20,22)/b14-8+. The topological polar surface area (TPSA) is 67.4 Å². The van der Waals surface area contributed by atoms with E-state index in [9.17, 15) is 9.59 Å². The largest absolute Gasteiger partial charge is 0.464 e. The number of rotatable bonds is 3. The Bertz CT molecular complexity index is 784. The highest BCUT2D eigenvalue weighted by molar-refractivity contribution is 9.10. The normalized spacial score (nSPS) is 26.7. The molecule has 0 fully saturated rings. The van der Waals surface area contributed by atoms with Crippen molar-refractivity contribution >= 4 is 39.1 Å². The van der Waals surface area contributed by atoms with Gasteiger partial charge in [-0.1, -0.05) is 28.1 Å². The van der Waals surface area contributed by atoms with Gasteiger partial charge in [0.2, 0.25) is 0 Å². The number of carbonyl (C=O) groups is 2. The monoisotopic (exact) mass is 390 g/mol. The first-order chi connectivity index (χ1) is 11.3. The van der Waals surface area contributed by atoms with E-state index in [0.29, 0.717) is 12.2 Å². The van der Waals surface area contributed by atoms with Gasteiger partial charge in [-0.2, -0.15) is 0 Å². The lowest BCUT2D eigenvalue weighted by molar-refractivity contribution is -0.150. The van der Waals surface area contributed by atoms with Crippen molar-refractivity contribution in [3.8, 4) is 0 Å². The number of allylic oxidation sites excluding steroid dienone is 1. The number of esters is 1. The summed E-state index contributed by atoms with van der Waals surface area (Å²) >= 11 is 3.44. The molecule has 1 amide bonds. The van der Waals surface area contributed by atoms with E-state index in [0.717, 1.165) is 21.4 Å². The lowest BCUT2D eigenvalue weighted by atomic mass is 9.85. The second-order valence-corrected chi connectivity index (χ2v) is 7.06. The molecule has 2 N–H and O–H groups in total. The first kappa shape index (κ1) is 16.8. The Balaban J connectivity index is 2.02. The van der Waals surface area contributed by atoms with Crippen molar-refractivity contribution in [1.29, 1.82) is 0 Å². The van der Waals surface area contributed by atoms with Crippen molar-refractivity contribution in [2.45, 2.75) is 26.3 Å². The second kappa shape index (κ2) is 6.09. The average molecular weight is 391 g/mol. The lowest BCUT2D eigenvalue weighted by Crippen LogP contribution is -2.50. The highest BCUT2D eigenvalue weighted by Gasteiger charge is 2.45. The van der Waals surface area contributed by atoms with Crippen molar-refractivity contribution in [2.75, 3.05) is 11.9 Å². The van der Waals surface area contributed by atoms with Crippen LogP contribution in [0.4, 0.5) is 5.69 Å². The number of anilines is 1. The molecule has 2 unspecified atom stereocenters. The Hall–Kier alpha value is -2.08. The van der Waals surface area contributed by atoms with Gasteiger partial charge in [0, 0.05) is 32.9 Å². The van der Waals surface area contributed by atoms with E-state index in [4.69, 9.17) is 4.74 Å². The molecule has 0 aromatic heterocycles. The van der Waals surface area contributed by atoms with Crippen molar-refractivity contribution < 1.29 is 14.3 Å². The maximum absolute atomic E-state index is 12.4. The third kappa shape index (κ3) is 2.75. The average Bonchev–Trinajstić information content (AvgIpc) is 2.98. The van der Waals surface area contributed by atoms with Crippen LogP contribution in [0.15, 0.2) is 40.5 Å². The molecule has 0 aliphatic carbocycles. The molecule has 126 valence electrons. The Kier molecular flexibility index (Phi) is 4.25. The number of nitrogens with one attached hydrogen (secondary N) is 2. The lowest BCUT2D eigenvalue weighted by Gasteiger charge is -2.28. The van der Waals surface area contributed by atoms with Gasteiger partial charge in [-0.15, -0.1) is 0 Å². The summed E-state index contributed by atoms with van der Waals surface area (Å²) in [5.41, 5.74) is 2.15. The van der Waals surface area contributed by atoms with Gasteiger partial charge >= 0.3 is 5.97 Å². The number of halogens is 1. The first-order valence-corrected chi connectivity index (χ1v) is 8.61. The van der Waals surface area contributed by atoms with E-state index in [1.807, 2.05) is 37.3 Å². The summed E-state index contributed by atoms with van der Waals surface area (Å²) in [6, 6.07) is 5.64. The van der Waals surface area contributed by atoms with Crippen LogP contribution in [0.2, 0.25) is 0 Å². The smallest absolute Gasteiger partial charge is 0.332 e. The van der Waals surface area contributed by atoms with E-state index in [-0.39, 0.29) is 17.8 Å². The molecular weight excluding hydrogens is 372 g/mol. The minimum atomic E-state index is -0.915. The molecule has 2 atom stereocenters. The summed E-state index contributed by atoms with van der Waals surface area (Å²) in [6.45, 7) is 5.79. The Labute approximate surface area is 149 Å². The molecule has 2 heterocycles. The zero-order valence-corrected chi connectivity index (χ0v) is 15.4. The predicted octanol–water partition coefficient (Wildman–Crippen LogP) is 3.23. The summed E-state index contributed by atoms with van der Waals surface area (Å²) in [7, 11) is 0. The fourth-order valence-electron chi connectivity index (χ4n) is 3.16. The van der Waals surface area contributed by atoms with Crippen LogP contribution in [-0.2, 0) is 14.3 Å². The third-order valence-corrected chi connectivity index (χ3v) is 4.86. The highest BCUT2D eigenvalue weighted by atomic mass is 79.9. The van der Waals surface area contributed by atoms with Gasteiger partial charge in [0.25, 0.3) is 5.91 Å². The van der Waals surface area contributed by atoms with Gasteiger partial charge in [0.15, 0.2) is 0 Å². The van der Waals surface area contributed by atoms with Crippen molar-refractivity contribution in [3.63, 3.8) is 0 Å². The van der Waals surface area contributed by atoms with E-state index < -0.39 is 5.54 Å². The van der Waals surface area contributed by atoms with Gasteiger partial charge in [-0.3, -0.25) is 4.79 Å². The number of hydrogen-bond acceptors (Lipinski definition) is 4. The molecule has 2 aliphatic rings. The Morgan fingerprint density at radius 2 is 2.21 bits per heavy atom. The molecule has 5 nitrogen and oxygen atoms in total. The van der Waals surface area contributed by atoms with Crippen LogP contribution in [0.1, 0.15) is 26.3 Å². The van der Waals surface area contributed by atoms with E-state index >= 15 is 0 Å². The number of amides is 1. The second-order valence-electron chi connectivity index (χ2n) is 6.15. The highest BCUT2D eigenvalue weighted by Crippen LogP contribution is 2.38. The quantitative estimate of drug-likeness (QED) is 0.613. The van der Waals surface area contributed by atoms with Crippen molar-refractivity contribution in [3.05, 3.63) is 46.1 Å². The Morgan fingerprint density at radius 3 is 2.92 bits per heavy atom. The summed E-state index contributed by atoms with van der Waals surface area (Å²) < 4.78 is 6.11. The summed E-state index contributed by atoms with van der Waals surface area (Å²) in [6.07, 6.45) is 3.79. The summed E-state index contributed by atoms with van der Waals surface area (Å²) in [5, 5.41) is 6.05. The zero-order chi connectivity index (χ0) is 17.5. The van der Waals surface area contributed by atoms with Crippen molar-refractivity contribution in [2.24, 2.45) is 5.92 Å². The van der Waals surface area contributed by atoms with E-state index in [2.05, 4.69) is 26.6 Å². The van der Waals surface area contributed by atoms with E-state index in [1.165, 1.54) is 0 Å².